The van der Waals surface area contributed by atoms with E-state index in [0.717, 1.165) is 0 Å². The van der Waals surface area contributed by atoms with E-state index in [1.165, 1.54) is 4.40 Å². The van der Waals surface area contributed by atoms with Crippen molar-refractivity contribution >= 4 is 17.2 Å². The molecule has 2 N–H and O–H groups in total. The number of ether oxygens (including phenoxy) is 1. The van der Waals surface area contributed by atoms with Crippen LogP contribution in [0, 0.1) is 0 Å². The molecule has 7 heteroatoms. The highest BCUT2D eigenvalue weighted by Gasteiger charge is 2.12. The smallest absolute Gasteiger partial charge is 0.265 e. The molecule has 6 nitrogen and oxygen atoms in total. The van der Waals surface area contributed by atoms with Gasteiger partial charge in [0.15, 0.2) is 0 Å². The topological polar surface area (TPSA) is 75.9 Å². The lowest BCUT2D eigenvalue weighted by molar-refractivity contribution is 0.192. The molecule has 0 saturated carbocycles. The number of hydrogen-bond donors (Lipinski definition) is 2. The first kappa shape index (κ1) is 15.0. The van der Waals surface area contributed by atoms with Crippen LogP contribution in [0.2, 0.25) is 0 Å². The molecule has 0 radical (unpaired) electrons. The van der Waals surface area contributed by atoms with Gasteiger partial charge in [-0.1, -0.05) is 12.1 Å². The first-order chi connectivity index (χ1) is 11.2. The Hall–Kier alpha value is -2.93. The largest absolute Gasteiger partial charge is 0.463 e. The van der Waals surface area contributed by atoms with E-state index in [4.69, 9.17) is 4.74 Å². The van der Waals surface area contributed by atoms with Crippen LogP contribution in [0.3, 0.4) is 0 Å². The molecule has 0 amide bonds. The molecule has 2 heterocycles. The number of nitrogens with one attached hydrogen (secondary N) is 1. The Morgan fingerprint density at radius 2 is 2.13 bits per heavy atom. The second-order valence-electron chi connectivity index (χ2n) is 4.74. The van der Waals surface area contributed by atoms with Crippen molar-refractivity contribution in [3.8, 4) is 5.75 Å². The number of fused-ring (bicyclic) bond motifs is 1. The Bertz CT molecular complexity index is 895. The maximum Gasteiger partial charge on any atom is 0.265 e. The summed E-state index contributed by atoms with van der Waals surface area (Å²) in [4.78, 5) is 16.7. The lowest BCUT2D eigenvalue weighted by Crippen LogP contribution is -2.21. The van der Waals surface area contributed by atoms with E-state index < -0.39 is 13.5 Å². The zero-order chi connectivity index (χ0) is 16.2. The van der Waals surface area contributed by atoms with Crippen molar-refractivity contribution in [2.75, 3.05) is 12.2 Å². The average Bonchev–Trinajstić information content (AvgIpc) is 2.56. The van der Waals surface area contributed by atoms with Crippen molar-refractivity contribution in [1.29, 1.82) is 0 Å². The number of aromatic nitrogens is 2. The van der Waals surface area contributed by atoms with Gasteiger partial charge in [-0.25, -0.2) is 9.37 Å². The summed E-state index contributed by atoms with van der Waals surface area (Å²) in [6.45, 7) is -1.38. The van der Waals surface area contributed by atoms with E-state index in [0.29, 0.717) is 17.1 Å². The number of rotatable bonds is 5. The van der Waals surface area contributed by atoms with E-state index in [-0.39, 0.29) is 16.9 Å². The SMILES string of the molecule is O=c1c(CO)c(Nc2cccc(OCF)c2)nc2ccccn12. The average molecular weight is 315 g/mol. The van der Waals surface area contributed by atoms with Crippen LogP contribution in [-0.2, 0) is 6.61 Å². The van der Waals surface area contributed by atoms with Crippen LogP contribution >= 0.6 is 0 Å². The summed E-state index contributed by atoms with van der Waals surface area (Å²) in [6, 6.07) is 11.8. The van der Waals surface area contributed by atoms with Crippen LogP contribution in [0.15, 0.2) is 53.5 Å². The van der Waals surface area contributed by atoms with E-state index in [1.54, 1.807) is 48.7 Å². The van der Waals surface area contributed by atoms with Crippen LogP contribution in [-0.4, -0.2) is 21.4 Å². The first-order valence-corrected chi connectivity index (χ1v) is 6.90. The molecule has 0 aliphatic carbocycles. The third-order valence-electron chi connectivity index (χ3n) is 3.30. The van der Waals surface area contributed by atoms with Crippen LogP contribution in [0.4, 0.5) is 15.9 Å². The number of alkyl halides is 1. The second-order valence-corrected chi connectivity index (χ2v) is 4.74. The van der Waals surface area contributed by atoms with Crippen LogP contribution < -0.4 is 15.6 Å². The number of halogens is 1. The minimum absolute atomic E-state index is 0.144. The Morgan fingerprint density at radius 3 is 2.91 bits per heavy atom. The van der Waals surface area contributed by atoms with Crippen molar-refractivity contribution in [2.45, 2.75) is 6.61 Å². The minimum atomic E-state index is -0.930. The molecule has 0 spiro atoms. The van der Waals surface area contributed by atoms with Gasteiger partial charge in [0.1, 0.15) is 17.2 Å². The van der Waals surface area contributed by atoms with Gasteiger partial charge in [-0.05, 0) is 24.3 Å². The molecule has 0 saturated heterocycles. The molecule has 1 aromatic carbocycles. The Labute approximate surface area is 130 Å². The number of pyridine rings is 1. The summed E-state index contributed by atoms with van der Waals surface area (Å²) in [6.07, 6.45) is 1.59. The Morgan fingerprint density at radius 1 is 1.26 bits per heavy atom. The van der Waals surface area contributed by atoms with Crippen molar-refractivity contribution in [3.63, 3.8) is 0 Å². The second kappa shape index (κ2) is 6.45. The Kier molecular flexibility index (Phi) is 4.20. The maximum atomic E-state index is 12.4. The fraction of sp³-hybridized carbons (Fsp3) is 0.125. The molecular weight excluding hydrogens is 301 g/mol. The molecule has 0 bridgehead atoms. The van der Waals surface area contributed by atoms with Gasteiger partial charge in [0.05, 0.1) is 12.2 Å². The van der Waals surface area contributed by atoms with Gasteiger partial charge in [0.25, 0.3) is 5.56 Å². The lowest BCUT2D eigenvalue weighted by atomic mass is 10.2. The van der Waals surface area contributed by atoms with Gasteiger partial charge in [0, 0.05) is 18.0 Å². The molecule has 3 rings (SSSR count). The number of hydrogen-bond acceptors (Lipinski definition) is 5. The number of anilines is 2. The highest BCUT2D eigenvalue weighted by atomic mass is 19.1. The van der Waals surface area contributed by atoms with E-state index in [1.807, 2.05) is 0 Å². The first-order valence-electron chi connectivity index (χ1n) is 6.90. The fourth-order valence-electron chi connectivity index (χ4n) is 2.23. The van der Waals surface area contributed by atoms with Gasteiger partial charge in [-0.3, -0.25) is 9.20 Å². The van der Waals surface area contributed by atoms with E-state index >= 15 is 0 Å². The van der Waals surface area contributed by atoms with Gasteiger partial charge in [-0.2, -0.15) is 0 Å². The van der Waals surface area contributed by atoms with Crippen molar-refractivity contribution < 1.29 is 14.2 Å². The summed E-state index contributed by atoms with van der Waals surface area (Å²) < 4.78 is 18.4. The molecule has 23 heavy (non-hydrogen) atoms. The summed E-state index contributed by atoms with van der Waals surface area (Å²) in [5, 5.41) is 12.5. The van der Waals surface area contributed by atoms with Gasteiger partial charge in [-0.15, -0.1) is 0 Å². The number of nitrogens with zero attached hydrogens (tertiary/aromatic N) is 2. The summed E-state index contributed by atoms with van der Waals surface area (Å²) >= 11 is 0. The molecule has 2 aromatic heterocycles. The Balaban J connectivity index is 2.05. The van der Waals surface area contributed by atoms with Gasteiger partial charge >= 0.3 is 0 Å². The third-order valence-corrected chi connectivity index (χ3v) is 3.30. The highest BCUT2D eigenvalue weighted by Crippen LogP contribution is 2.22. The molecule has 0 unspecified atom stereocenters. The van der Waals surface area contributed by atoms with Crippen molar-refractivity contribution in [2.24, 2.45) is 0 Å². The molecule has 0 fully saturated rings. The van der Waals surface area contributed by atoms with Crippen LogP contribution in [0.5, 0.6) is 5.75 Å². The third kappa shape index (κ3) is 3.00. The summed E-state index contributed by atoms with van der Waals surface area (Å²) in [5.74, 6) is 0.599. The number of aliphatic hydroxyl groups excluding tert-OH is 1. The maximum absolute atomic E-state index is 12.4. The van der Waals surface area contributed by atoms with Gasteiger partial charge in [0.2, 0.25) is 6.86 Å². The van der Waals surface area contributed by atoms with Crippen molar-refractivity contribution in [1.82, 2.24) is 9.38 Å². The van der Waals surface area contributed by atoms with Gasteiger partial charge < -0.3 is 15.2 Å². The zero-order valence-electron chi connectivity index (χ0n) is 12.1. The fourth-order valence-corrected chi connectivity index (χ4v) is 2.23. The van der Waals surface area contributed by atoms with E-state index in [9.17, 15) is 14.3 Å². The molecule has 0 aliphatic rings. The monoisotopic (exact) mass is 315 g/mol. The van der Waals surface area contributed by atoms with Crippen LogP contribution in [0.25, 0.3) is 5.65 Å². The lowest BCUT2D eigenvalue weighted by Gasteiger charge is -2.12. The highest BCUT2D eigenvalue weighted by molar-refractivity contribution is 5.62. The summed E-state index contributed by atoms with van der Waals surface area (Å²) in [7, 11) is 0. The van der Waals surface area contributed by atoms with E-state index in [2.05, 4.69) is 10.3 Å². The van der Waals surface area contributed by atoms with Crippen LogP contribution in [0.1, 0.15) is 5.56 Å². The quantitative estimate of drug-likeness (QED) is 0.755. The number of benzene rings is 1. The molecular formula is C16H14FN3O3. The van der Waals surface area contributed by atoms with Crippen molar-refractivity contribution in [3.05, 3.63) is 64.6 Å². The molecule has 3 aromatic rings. The molecule has 0 atom stereocenters. The zero-order valence-corrected chi connectivity index (χ0v) is 12.1. The molecule has 0 aliphatic heterocycles. The normalized spacial score (nSPS) is 10.7. The predicted octanol–water partition coefficient (Wildman–Crippen LogP) is 2.24. The number of aliphatic hydroxyl groups is 1. The summed E-state index contributed by atoms with van der Waals surface area (Å²) in [5.41, 5.74) is 0.813. The standard InChI is InChI=1S/C16H14FN3O3/c17-10-23-12-5-3-4-11(8-12)18-15-13(9-21)16(22)20-7-2-1-6-14(20)19-15/h1-8,18,21H,9-10H2. The predicted molar refractivity (Wildman–Crippen MR) is 83.7 cm³/mol. The molecule has 118 valence electrons. The minimum Gasteiger partial charge on any atom is -0.463 e.